The molecular weight excluding hydrogens is 415 g/mol. The Labute approximate surface area is 193 Å². The van der Waals surface area contributed by atoms with E-state index in [2.05, 4.69) is 47.8 Å². The molecule has 0 spiro atoms. The number of rotatable bonds is 8. The molecule has 33 heavy (non-hydrogen) atoms. The summed E-state index contributed by atoms with van der Waals surface area (Å²) in [5.74, 6) is 0.493. The van der Waals surface area contributed by atoms with Crippen LogP contribution < -0.4 is 5.32 Å². The summed E-state index contributed by atoms with van der Waals surface area (Å²) in [5.41, 5.74) is 6.04. The SMILES string of the molecule is CCCC(C(=O)NCc1cccnc1)n1c(Cc2ccc(F)cc2)nc2cc(C)c(C)cc21. The maximum atomic E-state index is 13.4. The van der Waals surface area contributed by atoms with Gasteiger partial charge in [0.1, 0.15) is 17.7 Å². The quantitative estimate of drug-likeness (QED) is 0.394. The van der Waals surface area contributed by atoms with Crippen LogP contribution in [-0.2, 0) is 17.8 Å². The zero-order valence-electron chi connectivity index (χ0n) is 19.3. The van der Waals surface area contributed by atoms with Gasteiger partial charge in [-0.1, -0.05) is 31.5 Å². The highest BCUT2D eigenvalue weighted by Gasteiger charge is 2.25. The number of hydrogen-bond donors (Lipinski definition) is 1. The fourth-order valence-electron chi connectivity index (χ4n) is 4.12. The lowest BCUT2D eigenvalue weighted by molar-refractivity contribution is -0.124. The van der Waals surface area contributed by atoms with Crippen molar-refractivity contribution in [2.45, 2.75) is 52.6 Å². The van der Waals surface area contributed by atoms with Crippen LogP contribution in [-0.4, -0.2) is 20.4 Å². The molecule has 170 valence electrons. The number of fused-ring (bicyclic) bond motifs is 1. The first-order valence-electron chi connectivity index (χ1n) is 11.4. The molecule has 6 heteroatoms. The summed E-state index contributed by atoms with van der Waals surface area (Å²) in [6.07, 6.45) is 5.53. The Morgan fingerprint density at radius 1 is 1.09 bits per heavy atom. The van der Waals surface area contributed by atoms with E-state index in [0.717, 1.165) is 45.5 Å². The van der Waals surface area contributed by atoms with Gasteiger partial charge in [0.25, 0.3) is 0 Å². The molecule has 0 radical (unpaired) electrons. The monoisotopic (exact) mass is 444 g/mol. The van der Waals surface area contributed by atoms with Crippen molar-refractivity contribution in [3.8, 4) is 0 Å². The molecule has 0 bridgehead atoms. The van der Waals surface area contributed by atoms with Crippen LogP contribution in [0.25, 0.3) is 11.0 Å². The van der Waals surface area contributed by atoms with Gasteiger partial charge in [-0.2, -0.15) is 0 Å². The number of aromatic nitrogens is 3. The summed E-state index contributed by atoms with van der Waals surface area (Å²) < 4.78 is 15.5. The molecule has 0 fully saturated rings. The Morgan fingerprint density at radius 2 is 1.85 bits per heavy atom. The van der Waals surface area contributed by atoms with E-state index in [0.29, 0.717) is 19.4 Å². The minimum absolute atomic E-state index is 0.0430. The van der Waals surface area contributed by atoms with Crippen molar-refractivity contribution >= 4 is 16.9 Å². The lowest BCUT2D eigenvalue weighted by Gasteiger charge is -2.21. The summed E-state index contributed by atoms with van der Waals surface area (Å²) in [5, 5.41) is 3.08. The van der Waals surface area contributed by atoms with Crippen molar-refractivity contribution in [2.75, 3.05) is 0 Å². The van der Waals surface area contributed by atoms with E-state index < -0.39 is 6.04 Å². The van der Waals surface area contributed by atoms with Crippen LogP contribution in [0, 0.1) is 19.7 Å². The number of amides is 1. The molecule has 1 amide bonds. The summed E-state index contributed by atoms with van der Waals surface area (Å²) in [6.45, 7) is 6.64. The minimum Gasteiger partial charge on any atom is -0.350 e. The minimum atomic E-state index is -0.394. The van der Waals surface area contributed by atoms with E-state index in [9.17, 15) is 9.18 Å². The zero-order valence-corrected chi connectivity index (χ0v) is 19.3. The zero-order chi connectivity index (χ0) is 23.4. The number of hydrogen-bond acceptors (Lipinski definition) is 3. The topological polar surface area (TPSA) is 59.8 Å². The van der Waals surface area contributed by atoms with Crippen LogP contribution in [0.5, 0.6) is 0 Å². The highest BCUT2D eigenvalue weighted by atomic mass is 19.1. The molecule has 1 N–H and O–H groups in total. The summed E-state index contributed by atoms with van der Waals surface area (Å²) in [6, 6.07) is 14.1. The number of aryl methyl sites for hydroxylation is 2. The molecule has 4 rings (SSSR count). The molecule has 4 aromatic rings. The third kappa shape index (κ3) is 5.11. The predicted molar refractivity (Wildman–Crippen MR) is 128 cm³/mol. The average Bonchev–Trinajstić information content (AvgIpc) is 3.14. The van der Waals surface area contributed by atoms with Crippen LogP contribution in [0.3, 0.4) is 0 Å². The first-order valence-corrected chi connectivity index (χ1v) is 11.4. The van der Waals surface area contributed by atoms with E-state index in [1.165, 1.54) is 12.1 Å². The standard InChI is InChI=1S/C27H29FN4O/c1-4-6-24(27(33)30-17-21-7-5-12-29-16-21)32-25-14-19(3)18(2)13-23(25)31-26(32)15-20-8-10-22(28)11-9-20/h5,7-14,16,24H,4,6,15,17H2,1-3H3,(H,30,33). The molecule has 1 atom stereocenters. The molecule has 0 aliphatic rings. The van der Waals surface area contributed by atoms with Gasteiger partial charge in [-0.15, -0.1) is 0 Å². The first kappa shape index (κ1) is 22.6. The van der Waals surface area contributed by atoms with Gasteiger partial charge in [-0.05, 0) is 72.9 Å². The number of pyridine rings is 1. The van der Waals surface area contributed by atoms with Gasteiger partial charge in [0.05, 0.1) is 11.0 Å². The summed E-state index contributed by atoms with van der Waals surface area (Å²) >= 11 is 0. The Morgan fingerprint density at radius 3 is 2.55 bits per heavy atom. The van der Waals surface area contributed by atoms with Crippen molar-refractivity contribution in [2.24, 2.45) is 0 Å². The molecule has 0 saturated carbocycles. The number of halogens is 1. The third-order valence-electron chi connectivity index (χ3n) is 6.02. The van der Waals surface area contributed by atoms with Crippen LogP contribution in [0.1, 0.15) is 53.9 Å². The maximum absolute atomic E-state index is 13.4. The van der Waals surface area contributed by atoms with Gasteiger partial charge in [-0.3, -0.25) is 9.78 Å². The van der Waals surface area contributed by atoms with E-state index in [1.807, 2.05) is 12.1 Å². The second kappa shape index (κ2) is 9.94. The van der Waals surface area contributed by atoms with Gasteiger partial charge in [0.15, 0.2) is 0 Å². The highest BCUT2D eigenvalue weighted by Crippen LogP contribution is 2.28. The van der Waals surface area contributed by atoms with Gasteiger partial charge in [0.2, 0.25) is 5.91 Å². The van der Waals surface area contributed by atoms with Crippen LogP contribution in [0.15, 0.2) is 60.9 Å². The number of carbonyl (C=O) groups excluding carboxylic acids is 1. The van der Waals surface area contributed by atoms with Gasteiger partial charge in [-0.25, -0.2) is 9.37 Å². The molecule has 0 saturated heterocycles. The molecule has 1 unspecified atom stereocenters. The first-order chi connectivity index (χ1) is 16.0. The fraction of sp³-hybridized carbons (Fsp3) is 0.296. The van der Waals surface area contributed by atoms with Gasteiger partial charge in [0, 0.05) is 25.4 Å². The Kier molecular flexibility index (Phi) is 6.82. The second-order valence-corrected chi connectivity index (χ2v) is 8.51. The van der Waals surface area contributed by atoms with Crippen molar-refractivity contribution in [1.82, 2.24) is 19.9 Å². The largest absolute Gasteiger partial charge is 0.350 e. The number of imidazole rings is 1. The normalized spacial score (nSPS) is 12.1. The number of benzene rings is 2. The predicted octanol–water partition coefficient (Wildman–Crippen LogP) is 5.44. The smallest absolute Gasteiger partial charge is 0.243 e. The molecule has 2 aromatic carbocycles. The van der Waals surface area contributed by atoms with Gasteiger partial charge < -0.3 is 9.88 Å². The average molecular weight is 445 g/mol. The van der Waals surface area contributed by atoms with E-state index in [4.69, 9.17) is 4.98 Å². The summed E-state index contributed by atoms with van der Waals surface area (Å²) in [4.78, 5) is 22.5. The number of carbonyl (C=O) groups is 1. The lowest BCUT2D eigenvalue weighted by Crippen LogP contribution is -2.33. The molecule has 2 aromatic heterocycles. The van der Waals surface area contributed by atoms with E-state index >= 15 is 0 Å². The Bertz CT molecular complexity index is 1250. The van der Waals surface area contributed by atoms with Crippen molar-refractivity contribution in [3.63, 3.8) is 0 Å². The van der Waals surface area contributed by atoms with E-state index in [1.54, 1.807) is 24.5 Å². The molecular formula is C27H29FN4O. The molecule has 0 aliphatic heterocycles. The van der Waals surface area contributed by atoms with Crippen LogP contribution >= 0.6 is 0 Å². The van der Waals surface area contributed by atoms with E-state index in [-0.39, 0.29) is 11.7 Å². The molecule has 2 heterocycles. The number of nitrogens with zero attached hydrogens (tertiary/aromatic N) is 3. The highest BCUT2D eigenvalue weighted by molar-refractivity contribution is 5.85. The summed E-state index contributed by atoms with van der Waals surface area (Å²) in [7, 11) is 0. The molecule has 5 nitrogen and oxygen atoms in total. The fourth-order valence-corrected chi connectivity index (χ4v) is 4.12. The van der Waals surface area contributed by atoms with Crippen molar-refractivity contribution < 1.29 is 9.18 Å². The van der Waals surface area contributed by atoms with Crippen LogP contribution in [0.4, 0.5) is 4.39 Å². The van der Waals surface area contributed by atoms with Gasteiger partial charge >= 0.3 is 0 Å². The number of nitrogens with one attached hydrogen (secondary N) is 1. The van der Waals surface area contributed by atoms with Crippen LogP contribution in [0.2, 0.25) is 0 Å². The molecule has 0 aliphatic carbocycles. The maximum Gasteiger partial charge on any atom is 0.243 e. The Balaban J connectivity index is 1.74. The lowest BCUT2D eigenvalue weighted by atomic mass is 10.1. The van der Waals surface area contributed by atoms with Crippen molar-refractivity contribution in [3.05, 3.63) is 94.8 Å². The Hall–Kier alpha value is -3.54. The third-order valence-corrected chi connectivity index (χ3v) is 6.02. The second-order valence-electron chi connectivity index (χ2n) is 8.51. The van der Waals surface area contributed by atoms with Crippen molar-refractivity contribution in [1.29, 1.82) is 0 Å².